The summed E-state index contributed by atoms with van der Waals surface area (Å²) in [5, 5.41) is 22.1. The minimum absolute atomic E-state index is 0.0221. The van der Waals surface area contributed by atoms with E-state index in [0.717, 1.165) is 25.3 Å². The van der Waals surface area contributed by atoms with E-state index >= 15 is 0 Å². The molecular weight excluding hydrogens is 276 g/mol. The molecule has 2 unspecified atom stereocenters. The highest BCUT2D eigenvalue weighted by Crippen LogP contribution is 2.37. The van der Waals surface area contributed by atoms with Crippen molar-refractivity contribution in [2.45, 2.75) is 38.3 Å². The average molecular weight is 294 g/mol. The maximum atomic E-state index is 11.3. The van der Waals surface area contributed by atoms with Crippen LogP contribution in [0.1, 0.15) is 26.2 Å². The maximum Gasteiger partial charge on any atom is 0.299 e. The number of anilines is 1. The number of non-ortho nitro benzene ring substituents is 1. The van der Waals surface area contributed by atoms with Crippen LogP contribution in [-0.4, -0.2) is 28.5 Å². The zero-order chi connectivity index (χ0) is 15.6. The molecule has 1 aromatic rings. The van der Waals surface area contributed by atoms with E-state index in [0.29, 0.717) is 12.2 Å². The molecule has 0 aromatic heterocycles. The van der Waals surface area contributed by atoms with Gasteiger partial charge in [0.1, 0.15) is 5.69 Å². The highest BCUT2D eigenvalue weighted by molar-refractivity contribution is 5.68. The third-order valence-corrected chi connectivity index (χ3v) is 3.94. The second-order valence-corrected chi connectivity index (χ2v) is 5.26. The Morgan fingerprint density at radius 2 is 2.00 bits per heavy atom. The summed E-state index contributed by atoms with van der Waals surface area (Å²) >= 11 is 0. The summed E-state index contributed by atoms with van der Waals surface area (Å²) in [6.45, 7) is 2.39. The van der Waals surface area contributed by atoms with Crippen LogP contribution >= 0.6 is 0 Å². The number of nitro benzene ring substituents is 2. The first-order valence-electron chi connectivity index (χ1n) is 6.87. The minimum atomic E-state index is -0.628. The summed E-state index contributed by atoms with van der Waals surface area (Å²) in [7, 11) is 0. The monoisotopic (exact) mass is 294 g/mol. The molecule has 0 amide bonds. The Kier molecular flexibility index (Phi) is 4.37. The van der Waals surface area contributed by atoms with Crippen molar-refractivity contribution in [1.82, 2.24) is 0 Å². The molecule has 0 saturated carbocycles. The lowest BCUT2D eigenvalue weighted by Crippen LogP contribution is -2.49. The van der Waals surface area contributed by atoms with Gasteiger partial charge in [0.2, 0.25) is 0 Å². The Morgan fingerprint density at radius 1 is 1.29 bits per heavy atom. The van der Waals surface area contributed by atoms with Crippen LogP contribution in [0.3, 0.4) is 0 Å². The third kappa shape index (κ3) is 2.94. The summed E-state index contributed by atoms with van der Waals surface area (Å²) < 4.78 is 0. The van der Waals surface area contributed by atoms with E-state index in [9.17, 15) is 20.2 Å². The lowest BCUT2D eigenvalue weighted by Gasteiger charge is -2.41. The predicted molar refractivity (Wildman–Crippen MR) is 78.4 cm³/mol. The molecule has 2 rings (SSSR count). The third-order valence-electron chi connectivity index (χ3n) is 3.94. The number of hydrogen-bond donors (Lipinski definition) is 1. The van der Waals surface area contributed by atoms with Gasteiger partial charge in [-0.15, -0.1) is 0 Å². The van der Waals surface area contributed by atoms with Gasteiger partial charge < -0.3 is 10.6 Å². The number of nitrogens with zero attached hydrogens (tertiary/aromatic N) is 3. The summed E-state index contributed by atoms with van der Waals surface area (Å²) in [5.41, 5.74) is 5.67. The van der Waals surface area contributed by atoms with Gasteiger partial charge >= 0.3 is 0 Å². The van der Waals surface area contributed by atoms with E-state index in [1.165, 1.54) is 12.1 Å². The smallest absolute Gasteiger partial charge is 0.299 e. The topological polar surface area (TPSA) is 116 Å². The van der Waals surface area contributed by atoms with Gasteiger partial charge in [-0.1, -0.05) is 0 Å². The van der Waals surface area contributed by atoms with Crippen LogP contribution in [0.15, 0.2) is 18.2 Å². The molecule has 1 aliphatic heterocycles. The molecule has 8 heteroatoms. The molecule has 0 aliphatic carbocycles. The van der Waals surface area contributed by atoms with Crippen molar-refractivity contribution in [1.29, 1.82) is 0 Å². The minimum Gasteiger partial charge on any atom is -0.359 e. The van der Waals surface area contributed by atoms with Gasteiger partial charge in [-0.25, -0.2) is 0 Å². The molecular formula is C13H18N4O4. The maximum absolute atomic E-state index is 11.3. The quantitative estimate of drug-likeness (QED) is 0.672. The van der Waals surface area contributed by atoms with Gasteiger partial charge in [0.05, 0.1) is 15.9 Å². The SMILES string of the molecule is CC1CCCC(CN)N1c1ccc([N+](=O)[O-])cc1[N+](=O)[O-]. The van der Waals surface area contributed by atoms with E-state index in [4.69, 9.17) is 5.73 Å². The molecule has 1 aromatic carbocycles. The molecule has 1 aliphatic rings. The number of nitro groups is 2. The van der Waals surface area contributed by atoms with Crippen LogP contribution in [-0.2, 0) is 0 Å². The lowest BCUT2D eigenvalue weighted by molar-refractivity contribution is -0.393. The van der Waals surface area contributed by atoms with Crippen molar-refractivity contribution >= 4 is 17.1 Å². The molecule has 21 heavy (non-hydrogen) atoms. The number of piperidine rings is 1. The fourth-order valence-electron chi connectivity index (χ4n) is 2.94. The first-order chi connectivity index (χ1) is 9.95. The summed E-state index contributed by atoms with van der Waals surface area (Å²) in [5.74, 6) is 0. The second kappa shape index (κ2) is 6.04. The van der Waals surface area contributed by atoms with Crippen molar-refractivity contribution in [3.05, 3.63) is 38.4 Å². The molecule has 8 nitrogen and oxygen atoms in total. The molecule has 1 fully saturated rings. The summed E-state index contributed by atoms with van der Waals surface area (Å²) in [6.07, 6.45) is 2.82. The van der Waals surface area contributed by atoms with Gasteiger partial charge in [-0.3, -0.25) is 20.2 Å². The highest BCUT2D eigenvalue weighted by atomic mass is 16.6. The molecule has 2 N–H and O–H groups in total. The first-order valence-corrected chi connectivity index (χ1v) is 6.87. The van der Waals surface area contributed by atoms with Crippen LogP contribution < -0.4 is 10.6 Å². The number of nitrogens with two attached hydrogens (primary N) is 1. The van der Waals surface area contributed by atoms with Crippen molar-refractivity contribution in [3.63, 3.8) is 0 Å². The van der Waals surface area contributed by atoms with E-state index < -0.39 is 9.85 Å². The van der Waals surface area contributed by atoms with E-state index in [2.05, 4.69) is 0 Å². The van der Waals surface area contributed by atoms with Crippen LogP contribution in [0.25, 0.3) is 0 Å². The second-order valence-electron chi connectivity index (χ2n) is 5.26. The van der Waals surface area contributed by atoms with Crippen LogP contribution in [0.4, 0.5) is 17.1 Å². The van der Waals surface area contributed by atoms with Gasteiger partial charge in [-0.2, -0.15) is 0 Å². The zero-order valence-electron chi connectivity index (χ0n) is 11.8. The summed E-state index contributed by atoms with van der Waals surface area (Å²) in [4.78, 5) is 22.8. The van der Waals surface area contributed by atoms with Gasteiger partial charge in [0, 0.05) is 24.7 Å². The first kappa shape index (κ1) is 15.2. The Labute approximate surface area is 121 Å². The van der Waals surface area contributed by atoms with Crippen molar-refractivity contribution in [2.75, 3.05) is 11.4 Å². The van der Waals surface area contributed by atoms with E-state index in [1.54, 1.807) is 0 Å². The Hall–Kier alpha value is -2.22. The largest absolute Gasteiger partial charge is 0.359 e. The van der Waals surface area contributed by atoms with Crippen molar-refractivity contribution in [2.24, 2.45) is 5.73 Å². The highest BCUT2D eigenvalue weighted by Gasteiger charge is 2.32. The Balaban J connectivity index is 2.50. The standard InChI is InChI=1S/C13H18N4O4/c1-9-3-2-4-11(8-14)15(9)12-6-5-10(16(18)19)7-13(12)17(20)21/h5-7,9,11H,2-4,8,14H2,1H3. The molecule has 1 heterocycles. The van der Waals surface area contributed by atoms with E-state index in [-0.39, 0.29) is 23.5 Å². The van der Waals surface area contributed by atoms with Crippen LogP contribution in [0, 0.1) is 20.2 Å². The van der Waals surface area contributed by atoms with E-state index in [1.807, 2.05) is 11.8 Å². The number of hydrogen-bond acceptors (Lipinski definition) is 6. The normalized spacial score (nSPS) is 22.1. The summed E-state index contributed by atoms with van der Waals surface area (Å²) in [6, 6.07) is 3.92. The fourth-order valence-corrected chi connectivity index (χ4v) is 2.94. The molecule has 114 valence electrons. The molecule has 0 radical (unpaired) electrons. The predicted octanol–water partition coefficient (Wildman–Crippen LogP) is 2.21. The average Bonchev–Trinajstić information content (AvgIpc) is 2.46. The van der Waals surface area contributed by atoms with Gasteiger partial charge in [0.15, 0.2) is 0 Å². The molecule has 0 spiro atoms. The molecule has 2 atom stereocenters. The Bertz CT molecular complexity index is 563. The van der Waals surface area contributed by atoms with Crippen LogP contribution in [0.5, 0.6) is 0 Å². The fraction of sp³-hybridized carbons (Fsp3) is 0.538. The number of rotatable bonds is 4. The Morgan fingerprint density at radius 3 is 2.57 bits per heavy atom. The zero-order valence-corrected chi connectivity index (χ0v) is 11.8. The van der Waals surface area contributed by atoms with Gasteiger partial charge in [-0.05, 0) is 32.3 Å². The number of benzene rings is 1. The molecule has 1 saturated heterocycles. The van der Waals surface area contributed by atoms with Crippen molar-refractivity contribution < 1.29 is 9.85 Å². The van der Waals surface area contributed by atoms with Gasteiger partial charge in [0.25, 0.3) is 11.4 Å². The molecule has 0 bridgehead atoms. The van der Waals surface area contributed by atoms with Crippen LogP contribution in [0.2, 0.25) is 0 Å². The lowest BCUT2D eigenvalue weighted by atomic mass is 9.95. The van der Waals surface area contributed by atoms with Crippen molar-refractivity contribution in [3.8, 4) is 0 Å².